The van der Waals surface area contributed by atoms with Crippen LogP contribution < -0.4 is 15.8 Å². The fraction of sp³-hybridized carbons (Fsp3) is 0.273. The molecule has 0 amide bonds. The molecular formula is C11H15N5O. The Morgan fingerprint density at radius 1 is 1.47 bits per heavy atom. The van der Waals surface area contributed by atoms with Gasteiger partial charge in [0.15, 0.2) is 5.82 Å². The number of methoxy groups -OCH3 is 1. The summed E-state index contributed by atoms with van der Waals surface area (Å²) >= 11 is 0. The molecule has 17 heavy (non-hydrogen) atoms. The number of nitrogens with two attached hydrogens (primary N) is 1. The van der Waals surface area contributed by atoms with E-state index < -0.39 is 0 Å². The number of pyridine rings is 1. The Balaban J connectivity index is 2.11. The Hall–Kier alpha value is -2.24. The van der Waals surface area contributed by atoms with Crippen molar-refractivity contribution in [1.82, 2.24) is 15.2 Å². The van der Waals surface area contributed by atoms with Crippen LogP contribution in [0.25, 0.3) is 0 Å². The van der Waals surface area contributed by atoms with E-state index in [-0.39, 0.29) is 0 Å². The highest BCUT2D eigenvalue weighted by Gasteiger charge is 2.05. The molecule has 4 N–H and O–H groups in total. The molecule has 0 saturated carbocycles. The smallest absolute Gasteiger partial charge is 0.215 e. The number of rotatable bonds is 4. The summed E-state index contributed by atoms with van der Waals surface area (Å²) in [5, 5.41) is 9.98. The van der Waals surface area contributed by atoms with Gasteiger partial charge in [-0.05, 0) is 13.0 Å². The van der Waals surface area contributed by atoms with Crippen molar-refractivity contribution in [1.29, 1.82) is 0 Å². The zero-order valence-corrected chi connectivity index (χ0v) is 9.82. The van der Waals surface area contributed by atoms with Gasteiger partial charge in [-0.2, -0.15) is 10.1 Å². The third-order valence-electron chi connectivity index (χ3n) is 2.49. The first-order valence-corrected chi connectivity index (χ1v) is 5.24. The third-order valence-corrected chi connectivity index (χ3v) is 2.49. The highest BCUT2D eigenvalue weighted by molar-refractivity contribution is 5.62. The fourth-order valence-corrected chi connectivity index (χ4v) is 1.44. The third kappa shape index (κ3) is 2.47. The number of aryl methyl sites for hydroxylation is 1. The minimum Gasteiger partial charge on any atom is -0.481 e. The lowest BCUT2D eigenvalue weighted by atomic mass is 10.2. The second-order valence-corrected chi connectivity index (χ2v) is 3.67. The van der Waals surface area contributed by atoms with Crippen LogP contribution >= 0.6 is 0 Å². The molecule has 0 atom stereocenters. The van der Waals surface area contributed by atoms with E-state index in [1.165, 1.54) is 0 Å². The van der Waals surface area contributed by atoms with E-state index >= 15 is 0 Å². The van der Waals surface area contributed by atoms with Crippen LogP contribution in [0, 0.1) is 6.92 Å². The average molecular weight is 233 g/mol. The van der Waals surface area contributed by atoms with E-state index in [0.29, 0.717) is 23.9 Å². The van der Waals surface area contributed by atoms with Crippen LogP contribution in [0.4, 0.5) is 11.5 Å². The number of nitrogens with zero attached hydrogens (tertiary/aromatic N) is 2. The summed E-state index contributed by atoms with van der Waals surface area (Å²) in [6.07, 6.45) is 1.78. The van der Waals surface area contributed by atoms with Gasteiger partial charge >= 0.3 is 0 Å². The number of anilines is 2. The van der Waals surface area contributed by atoms with Crippen molar-refractivity contribution in [2.45, 2.75) is 13.5 Å². The molecule has 2 aromatic rings. The second kappa shape index (κ2) is 4.73. The molecule has 0 bridgehead atoms. The molecule has 0 aliphatic carbocycles. The SMILES string of the molecule is COc1ccc(N)c(NCc2cn[nH]c2C)n1. The van der Waals surface area contributed by atoms with Gasteiger partial charge in [0.1, 0.15) is 0 Å². The van der Waals surface area contributed by atoms with Gasteiger partial charge in [-0.25, -0.2) is 0 Å². The number of nitrogens with one attached hydrogen (secondary N) is 2. The zero-order chi connectivity index (χ0) is 12.3. The molecular weight excluding hydrogens is 218 g/mol. The molecule has 0 spiro atoms. The maximum Gasteiger partial charge on any atom is 0.215 e. The van der Waals surface area contributed by atoms with Crippen molar-refractivity contribution in [2.75, 3.05) is 18.2 Å². The van der Waals surface area contributed by atoms with Crippen LogP contribution in [0.3, 0.4) is 0 Å². The van der Waals surface area contributed by atoms with Gasteiger partial charge in [0.25, 0.3) is 0 Å². The molecule has 0 fully saturated rings. The maximum absolute atomic E-state index is 5.82. The van der Waals surface area contributed by atoms with Crippen LogP contribution in [0.15, 0.2) is 18.3 Å². The minimum atomic E-state index is 0.533. The lowest BCUT2D eigenvalue weighted by Gasteiger charge is -2.09. The summed E-state index contributed by atoms with van der Waals surface area (Å²) in [5.74, 6) is 1.15. The number of hydrogen-bond acceptors (Lipinski definition) is 5. The zero-order valence-electron chi connectivity index (χ0n) is 9.82. The maximum atomic E-state index is 5.82. The second-order valence-electron chi connectivity index (χ2n) is 3.67. The number of H-pyrrole nitrogens is 1. The lowest BCUT2D eigenvalue weighted by Crippen LogP contribution is -2.05. The van der Waals surface area contributed by atoms with Crippen molar-refractivity contribution < 1.29 is 4.74 Å². The van der Waals surface area contributed by atoms with Crippen molar-refractivity contribution in [3.8, 4) is 5.88 Å². The predicted molar refractivity (Wildman–Crippen MR) is 65.9 cm³/mol. The lowest BCUT2D eigenvalue weighted by molar-refractivity contribution is 0.398. The van der Waals surface area contributed by atoms with Crippen molar-refractivity contribution in [2.24, 2.45) is 0 Å². The number of aromatic amines is 1. The van der Waals surface area contributed by atoms with E-state index in [9.17, 15) is 0 Å². The topological polar surface area (TPSA) is 88.9 Å². The first kappa shape index (κ1) is 11.3. The number of nitrogen functional groups attached to an aromatic ring is 1. The Labute approximate surface area is 99.2 Å². The molecule has 0 aliphatic heterocycles. The summed E-state index contributed by atoms with van der Waals surface area (Å²) < 4.78 is 5.05. The summed E-state index contributed by atoms with van der Waals surface area (Å²) in [6, 6.07) is 3.49. The van der Waals surface area contributed by atoms with Gasteiger partial charge in [-0.3, -0.25) is 5.10 Å². The summed E-state index contributed by atoms with van der Waals surface area (Å²) in [4.78, 5) is 4.23. The molecule has 6 heteroatoms. The highest BCUT2D eigenvalue weighted by Crippen LogP contribution is 2.20. The monoisotopic (exact) mass is 233 g/mol. The first-order chi connectivity index (χ1) is 8.20. The molecule has 2 aromatic heterocycles. The van der Waals surface area contributed by atoms with E-state index in [2.05, 4.69) is 20.5 Å². The number of ether oxygens (including phenoxy) is 1. The van der Waals surface area contributed by atoms with Crippen LogP contribution in [-0.4, -0.2) is 22.3 Å². The summed E-state index contributed by atoms with van der Waals surface area (Å²) in [5.41, 5.74) is 8.51. The standard InChI is InChI=1S/C11H15N5O/c1-7-8(6-14-16-7)5-13-11-9(12)3-4-10(15-11)17-2/h3-4,6H,5,12H2,1-2H3,(H,13,15)(H,14,16). The number of aromatic nitrogens is 3. The van der Waals surface area contributed by atoms with E-state index in [4.69, 9.17) is 10.5 Å². The van der Waals surface area contributed by atoms with Crippen molar-refractivity contribution in [3.63, 3.8) is 0 Å². The Kier molecular flexibility index (Phi) is 3.13. The minimum absolute atomic E-state index is 0.533. The first-order valence-electron chi connectivity index (χ1n) is 5.24. The molecule has 6 nitrogen and oxygen atoms in total. The molecule has 0 aromatic carbocycles. The van der Waals surface area contributed by atoms with Gasteiger partial charge in [0.2, 0.25) is 5.88 Å². The molecule has 2 heterocycles. The van der Waals surface area contributed by atoms with Gasteiger partial charge in [-0.1, -0.05) is 0 Å². The summed E-state index contributed by atoms with van der Waals surface area (Å²) in [6.45, 7) is 2.58. The van der Waals surface area contributed by atoms with Crippen molar-refractivity contribution >= 4 is 11.5 Å². The predicted octanol–water partition coefficient (Wildman–Crippen LogP) is 1.32. The van der Waals surface area contributed by atoms with E-state index in [1.54, 1.807) is 25.4 Å². The summed E-state index contributed by atoms with van der Waals surface area (Å²) in [7, 11) is 1.57. The fourth-order valence-electron chi connectivity index (χ4n) is 1.44. The van der Waals surface area contributed by atoms with Gasteiger partial charge in [-0.15, -0.1) is 0 Å². The van der Waals surface area contributed by atoms with Crippen LogP contribution in [0.1, 0.15) is 11.3 Å². The molecule has 0 radical (unpaired) electrons. The quantitative estimate of drug-likeness (QED) is 0.741. The van der Waals surface area contributed by atoms with E-state index in [1.807, 2.05) is 6.92 Å². The van der Waals surface area contributed by atoms with Gasteiger partial charge < -0.3 is 15.8 Å². The number of hydrogen-bond donors (Lipinski definition) is 3. The van der Waals surface area contributed by atoms with Crippen LogP contribution in [0.5, 0.6) is 5.88 Å². The largest absolute Gasteiger partial charge is 0.481 e. The molecule has 2 rings (SSSR count). The molecule has 0 saturated heterocycles. The molecule has 90 valence electrons. The Morgan fingerprint density at radius 3 is 2.94 bits per heavy atom. The molecule has 0 aliphatic rings. The van der Waals surface area contributed by atoms with E-state index in [0.717, 1.165) is 11.3 Å². The van der Waals surface area contributed by atoms with Gasteiger partial charge in [0.05, 0.1) is 19.0 Å². The Morgan fingerprint density at radius 2 is 2.29 bits per heavy atom. The normalized spacial score (nSPS) is 10.2. The molecule has 0 unspecified atom stereocenters. The van der Waals surface area contributed by atoms with Crippen LogP contribution in [-0.2, 0) is 6.54 Å². The average Bonchev–Trinajstić information content (AvgIpc) is 2.74. The van der Waals surface area contributed by atoms with Crippen molar-refractivity contribution in [3.05, 3.63) is 29.6 Å². The highest BCUT2D eigenvalue weighted by atomic mass is 16.5. The Bertz CT molecular complexity index is 508. The van der Waals surface area contributed by atoms with Gasteiger partial charge in [0, 0.05) is 23.9 Å². The van der Waals surface area contributed by atoms with Crippen LogP contribution in [0.2, 0.25) is 0 Å².